The fourth-order valence-electron chi connectivity index (χ4n) is 3.74. The van der Waals surface area contributed by atoms with E-state index in [-0.39, 0.29) is 17.0 Å². The van der Waals surface area contributed by atoms with E-state index in [0.717, 1.165) is 18.6 Å². The lowest BCUT2D eigenvalue weighted by molar-refractivity contribution is 0.0710. The zero-order chi connectivity index (χ0) is 18.8. The minimum absolute atomic E-state index is 0.120. The zero-order valence-corrected chi connectivity index (χ0v) is 15.2. The molecule has 0 N–H and O–H groups in total. The highest BCUT2D eigenvalue weighted by Crippen LogP contribution is 2.34. The van der Waals surface area contributed by atoms with Gasteiger partial charge in [0.2, 0.25) is 0 Å². The van der Waals surface area contributed by atoms with Gasteiger partial charge in [-0.15, -0.1) is 0 Å². The van der Waals surface area contributed by atoms with Gasteiger partial charge in [0.15, 0.2) is 0 Å². The fraction of sp³-hybridized carbons (Fsp3) is 0.286. The monoisotopic (exact) mass is 363 g/mol. The SMILES string of the molecule is COc1ccccc1C1CCN(C(=O)c2cnc3ccccn3c2=O)CC1. The second kappa shape index (κ2) is 7.23. The van der Waals surface area contributed by atoms with E-state index >= 15 is 0 Å². The first-order valence-corrected chi connectivity index (χ1v) is 9.07. The standard InChI is InChI=1S/C21H21N3O3/c1-27-18-7-3-2-6-16(18)15-9-12-23(13-10-15)20(25)17-14-22-19-8-4-5-11-24(19)21(17)26/h2-8,11,14-15H,9-10,12-13H2,1H3. The highest BCUT2D eigenvalue weighted by atomic mass is 16.5. The Labute approximate surface area is 157 Å². The summed E-state index contributed by atoms with van der Waals surface area (Å²) in [6.45, 7) is 1.22. The molecule has 1 aliphatic rings. The number of benzene rings is 1. The molecule has 0 spiro atoms. The van der Waals surface area contributed by atoms with Crippen molar-refractivity contribution in [3.05, 3.63) is 76.3 Å². The number of fused-ring (bicyclic) bond motifs is 1. The van der Waals surface area contributed by atoms with Crippen molar-refractivity contribution in [2.24, 2.45) is 0 Å². The summed E-state index contributed by atoms with van der Waals surface area (Å²) < 4.78 is 6.88. The number of ether oxygens (including phenoxy) is 1. The van der Waals surface area contributed by atoms with E-state index < -0.39 is 0 Å². The first kappa shape index (κ1) is 17.3. The third kappa shape index (κ3) is 3.18. The van der Waals surface area contributed by atoms with Gasteiger partial charge in [0.25, 0.3) is 11.5 Å². The van der Waals surface area contributed by atoms with Gasteiger partial charge in [0.05, 0.1) is 7.11 Å². The molecule has 138 valence electrons. The smallest absolute Gasteiger partial charge is 0.270 e. The van der Waals surface area contributed by atoms with Crippen molar-refractivity contribution < 1.29 is 9.53 Å². The van der Waals surface area contributed by atoms with Crippen molar-refractivity contribution in [2.45, 2.75) is 18.8 Å². The van der Waals surface area contributed by atoms with Crippen LogP contribution in [-0.2, 0) is 0 Å². The summed E-state index contributed by atoms with van der Waals surface area (Å²) in [7, 11) is 1.68. The summed E-state index contributed by atoms with van der Waals surface area (Å²) in [6.07, 6.45) is 4.71. The predicted octanol–water partition coefficient (Wildman–Crippen LogP) is 2.72. The van der Waals surface area contributed by atoms with Crippen LogP contribution < -0.4 is 10.3 Å². The van der Waals surface area contributed by atoms with Gasteiger partial charge in [-0.05, 0) is 42.5 Å². The van der Waals surface area contributed by atoms with Crippen LogP contribution in [0.4, 0.5) is 0 Å². The number of methoxy groups -OCH3 is 1. The molecule has 3 heterocycles. The van der Waals surface area contributed by atoms with Crippen LogP contribution in [0.1, 0.15) is 34.7 Å². The van der Waals surface area contributed by atoms with Gasteiger partial charge >= 0.3 is 0 Å². The van der Waals surface area contributed by atoms with Crippen LogP contribution in [0.15, 0.2) is 59.7 Å². The van der Waals surface area contributed by atoms with E-state index in [1.807, 2.05) is 24.3 Å². The molecule has 0 saturated carbocycles. The topological polar surface area (TPSA) is 63.9 Å². The Bertz CT molecular complexity index is 1040. The molecule has 27 heavy (non-hydrogen) atoms. The lowest BCUT2D eigenvalue weighted by atomic mass is 9.88. The predicted molar refractivity (Wildman–Crippen MR) is 102 cm³/mol. The number of hydrogen-bond acceptors (Lipinski definition) is 4. The summed E-state index contributed by atoms with van der Waals surface area (Å²) in [5.74, 6) is 0.990. The Hall–Kier alpha value is -3.15. The molecule has 1 saturated heterocycles. The molecule has 1 fully saturated rings. The number of amides is 1. The largest absolute Gasteiger partial charge is 0.496 e. The third-order valence-corrected chi connectivity index (χ3v) is 5.20. The number of carbonyl (C=O) groups excluding carboxylic acids is 1. The number of para-hydroxylation sites is 1. The lowest BCUT2D eigenvalue weighted by Gasteiger charge is -2.32. The Kier molecular flexibility index (Phi) is 4.62. The van der Waals surface area contributed by atoms with E-state index in [9.17, 15) is 9.59 Å². The molecule has 1 aromatic carbocycles. The first-order chi connectivity index (χ1) is 13.2. The molecule has 0 atom stereocenters. The van der Waals surface area contributed by atoms with Crippen LogP contribution in [0.5, 0.6) is 5.75 Å². The summed E-state index contributed by atoms with van der Waals surface area (Å²) >= 11 is 0. The number of likely N-dealkylation sites (tertiary alicyclic amines) is 1. The van der Waals surface area contributed by atoms with Crippen LogP contribution in [0.25, 0.3) is 5.65 Å². The zero-order valence-electron chi connectivity index (χ0n) is 15.2. The number of aromatic nitrogens is 2. The van der Waals surface area contributed by atoms with E-state index in [4.69, 9.17) is 4.74 Å². The van der Waals surface area contributed by atoms with Crippen LogP contribution in [0.2, 0.25) is 0 Å². The number of piperidine rings is 1. The van der Waals surface area contributed by atoms with E-state index in [1.165, 1.54) is 16.2 Å². The van der Waals surface area contributed by atoms with E-state index in [0.29, 0.717) is 24.7 Å². The minimum Gasteiger partial charge on any atom is -0.496 e. The molecule has 0 unspecified atom stereocenters. The molecule has 0 bridgehead atoms. The van der Waals surface area contributed by atoms with Gasteiger partial charge in [-0.1, -0.05) is 24.3 Å². The first-order valence-electron chi connectivity index (χ1n) is 9.07. The van der Waals surface area contributed by atoms with Crippen molar-refractivity contribution >= 4 is 11.6 Å². The van der Waals surface area contributed by atoms with Crippen LogP contribution in [-0.4, -0.2) is 40.4 Å². The number of rotatable bonds is 3. The van der Waals surface area contributed by atoms with Gasteiger partial charge in [0, 0.05) is 25.5 Å². The summed E-state index contributed by atoms with van der Waals surface area (Å²) in [5.41, 5.74) is 1.51. The molecule has 1 aliphatic heterocycles. The maximum Gasteiger partial charge on any atom is 0.270 e. The molecule has 1 amide bonds. The lowest BCUT2D eigenvalue weighted by Crippen LogP contribution is -2.40. The molecule has 0 aliphatic carbocycles. The number of pyridine rings is 1. The van der Waals surface area contributed by atoms with Gasteiger partial charge in [-0.3, -0.25) is 14.0 Å². The quantitative estimate of drug-likeness (QED) is 0.718. The molecule has 3 aromatic rings. The van der Waals surface area contributed by atoms with Crippen LogP contribution in [0.3, 0.4) is 0 Å². The number of carbonyl (C=O) groups is 1. The third-order valence-electron chi connectivity index (χ3n) is 5.20. The van der Waals surface area contributed by atoms with Crippen molar-refractivity contribution in [3.8, 4) is 5.75 Å². The van der Waals surface area contributed by atoms with Gasteiger partial charge < -0.3 is 9.64 Å². The fourth-order valence-corrected chi connectivity index (χ4v) is 3.74. The Morgan fingerprint density at radius 1 is 1.11 bits per heavy atom. The van der Waals surface area contributed by atoms with Crippen molar-refractivity contribution in [2.75, 3.05) is 20.2 Å². The summed E-state index contributed by atoms with van der Waals surface area (Å²) in [4.78, 5) is 31.5. The highest BCUT2D eigenvalue weighted by Gasteiger charge is 2.27. The van der Waals surface area contributed by atoms with Crippen molar-refractivity contribution in [1.29, 1.82) is 0 Å². The number of hydrogen-bond donors (Lipinski definition) is 0. The molecule has 2 aromatic heterocycles. The second-order valence-corrected chi connectivity index (χ2v) is 6.71. The molecule has 6 nitrogen and oxygen atoms in total. The maximum absolute atomic E-state index is 12.9. The Balaban J connectivity index is 1.52. The second-order valence-electron chi connectivity index (χ2n) is 6.71. The summed E-state index contributed by atoms with van der Waals surface area (Å²) in [6, 6.07) is 13.3. The minimum atomic E-state index is -0.322. The molecule has 4 rings (SSSR count). The highest BCUT2D eigenvalue weighted by molar-refractivity contribution is 5.93. The average Bonchev–Trinajstić information content (AvgIpc) is 2.74. The maximum atomic E-state index is 12.9. The van der Waals surface area contributed by atoms with Gasteiger partial charge in [-0.2, -0.15) is 0 Å². The van der Waals surface area contributed by atoms with E-state index in [2.05, 4.69) is 11.1 Å². The van der Waals surface area contributed by atoms with Crippen LogP contribution >= 0.6 is 0 Å². The molecule has 0 radical (unpaired) electrons. The molecule has 6 heteroatoms. The molecular weight excluding hydrogens is 342 g/mol. The molecular formula is C21H21N3O3. The van der Waals surface area contributed by atoms with Crippen LogP contribution in [0, 0.1) is 0 Å². The average molecular weight is 363 g/mol. The van der Waals surface area contributed by atoms with Crippen molar-refractivity contribution in [3.63, 3.8) is 0 Å². The van der Waals surface area contributed by atoms with E-state index in [1.54, 1.807) is 30.3 Å². The normalized spacial score (nSPS) is 15.1. The summed E-state index contributed by atoms with van der Waals surface area (Å²) in [5, 5.41) is 0. The number of nitrogens with zero attached hydrogens (tertiary/aromatic N) is 3. The van der Waals surface area contributed by atoms with Crippen molar-refractivity contribution in [1.82, 2.24) is 14.3 Å². The van der Waals surface area contributed by atoms with Gasteiger partial charge in [-0.25, -0.2) is 4.98 Å². The Morgan fingerprint density at radius 3 is 2.63 bits per heavy atom. The Morgan fingerprint density at radius 2 is 1.85 bits per heavy atom. The van der Waals surface area contributed by atoms with Gasteiger partial charge in [0.1, 0.15) is 17.0 Å².